The second-order valence-electron chi connectivity index (χ2n) is 3.65. The number of alkyl halides is 6. The molecule has 0 aliphatic carbocycles. The fraction of sp³-hybridized carbons (Fsp3) is 0.400. The van der Waals surface area contributed by atoms with Crippen molar-refractivity contribution in [1.29, 1.82) is 0 Å². The number of rotatable bonds is 3. The zero-order valence-corrected chi connectivity index (χ0v) is 9.71. The van der Waals surface area contributed by atoms with Gasteiger partial charge < -0.3 is 9.84 Å². The first-order valence-corrected chi connectivity index (χ1v) is 4.98. The number of hydrogen-bond acceptors (Lipinski definition) is 3. The molecule has 1 unspecified atom stereocenters. The van der Waals surface area contributed by atoms with Gasteiger partial charge in [0.1, 0.15) is 11.3 Å². The molecule has 112 valence electrons. The molecule has 0 spiro atoms. The number of carboxylic acids is 1. The summed E-state index contributed by atoms with van der Waals surface area (Å²) in [5.74, 6) is -2.99. The van der Waals surface area contributed by atoms with Gasteiger partial charge in [-0.05, 0) is 19.1 Å². The second kappa shape index (κ2) is 5.17. The number of halogens is 6. The average Bonchev–Trinajstić information content (AvgIpc) is 2.25. The third-order valence-corrected chi connectivity index (χ3v) is 2.13. The molecule has 0 radical (unpaired) electrons. The van der Waals surface area contributed by atoms with Crippen LogP contribution in [0.4, 0.5) is 26.3 Å². The van der Waals surface area contributed by atoms with Crippen LogP contribution in [0.2, 0.25) is 0 Å². The van der Waals surface area contributed by atoms with Gasteiger partial charge in [-0.3, -0.25) is 0 Å². The van der Waals surface area contributed by atoms with E-state index >= 15 is 0 Å². The van der Waals surface area contributed by atoms with Gasteiger partial charge in [-0.2, -0.15) is 26.3 Å². The van der Waals surface area contributed by atoms with Crippen LogP contribution in [0.15, 0.2) is 12.1 Å². The van der Waals surface area contributed by atoms with Crippen molar-refractivity contribution in [3.8, 4) is 5.88 Å². The van der Waals surface area contributed by atoms with Gasteiger partial charge >= 0.3 is 18.3 Å². The minimum Gasteiger partial charge on any atom is -0.477 e. The molecule has 1 heterocycles. The third kappa shape index (κ3) is 3.75. The maximum absolute atomic E-state index is 12.4. The SMILES string of the molecule is CC(Oc1nc(C(F)(F)F)ccc1C(=O)O)C(F)(F)F. The maximum atomic E-state index is 12.4. The Bertz CT molecular complexity index is 511. The van der Waals surface area contributed by atoms with Gasteiger partial charge in [0, 0.05) is 0 Å². The number of aromatic carboxylic acids is 1. The Balaban J connectivity index is 3.23. The van der Waals surface area contributed by atoms with Gasteiger partial charge in [0.05, 0.1) is 0 Å². The highest BCUT2D eigenvalue weighted by molar-refractivity contribution is 5.90. The number of ether oxygens (including phenoxy) is 1. The summed E-state index contributed by atoms with van der Waals surface area (Å²) >= 11 is 0. The minimum atomic E-state index is -4.93. The van der Waals surface area contributed by atoms with E-state index in [-0.39, 0.29) is 0 Å². The Morgan fingerprint density at radius 1 is 1.25 bits per heavy atom. The van der Waals surface area contributed by atoms with Crippen LogP contribution < -0.4 is 4.74 Å². The molecule has 0 saturated heterocycles. The molecule has 10 heteroatoms. The van der Waals surface area contributed by atoms with E-state index < -0.39 is 41.6 Å². The quantitative estimate of drug-likeness (QED) is 0.872. The predicted molar refractivity (Wildman–Crippen MR) is 52.3 cm³/mol. The van der Waals surface area contributed by atoms with Crippen molar-refractivity contribution in [2.24, 2.45) is 0 Å². The second-order valence-corrected chi connectivity index (χ2v) is 3.65. The third-order valence-electron chi connectivity index (χ3n) is 2.13. The van der Waals surface area contributed by atoms with Crippen LogP contribution in [0, 0.1) is 0 Å². The van der Waals surface area contributed by atoms with Gasteiger partial charge in [-0.1, -0.05) is 0 Å². The lowest BCUT2D eigenvalue weighted by atomic mass is 10.2. The summed E-state index contributed by atoms with van der Waals surface area (Å²) in [6.07, 6.45) is -12.3. The molecule has 0 aromatic carbocycles. The highest BCUT2D eigenvalue weighted by Gasteiger charge is 2.40. The Morgan fingerprint density at radius 2 is 1.80 bits per heavy atom. The smallest absolute Gasteiger partial charge is 0.433 e. The fourth-order valence-electron chi connectivity index (χ4n) is 1.09. The summed E-state index contributed by atoms with van der Waals surface area (Å²) in [5.41, 5.74) is -2.44. The van der Waals surface area contributed by atoms with Gasteiger partial charge in [-0.25, -0.2) is 9.78 Å². The number of hydrogen-bond donors (Lipinski definition) is 1. The van der Waals surface area contributed by atoms with Crippen LogP contribution in [0.1, 0.15) is 23.0 Å². The average molecular weight is 303 g/mol. The first kappa shape index (κ1) is 16.1. The minimum absolute atomic E-state index is 0.342. The summed E-state index contributed by atoms with van der Waals surface area (Å²) in [5, 5.41) is 8.69. The predicted octanol–water partition coefficient (Wildman–Crippen LogP) is 3.13. The number of carboxylic acid groups (broad SMARTS) is 1. The summed E-state index contributed by atoms with van der Waals surface area (Å²) in [4.78, 5) is 13.5. The number of carbonyl (C=O) groups is 1. The zero-order chi connectivity index (χ0) is 15.7. The zero-order valence-electron chi connectivity index (χ0n) is 9.71. The van der Waals surface area contributed by atoms with E-state index in [1.807, 2.05) is 0 Å². The van der Waals surface area contributed by atoms with Crippen molar-refractivity contribution in [2.75, 3.05) is 0 Å². The van der Waals surface area contributed by atoms with Crippen molar-refractivity contribution < 1.29 is 41.0 Å². The van der Waals surface area contributed by atoms with Crippen LogP contribution >= 0.6 is 0 Å². The topological polar surface area (TPSA) is 59.4 Å². The van der Waals surface area contributed by atoms with E-state index in [0.717, 1.165) is 0 Å². The lowest BCUT2D eigenvalue weighted by Crippen LogP contribution is -2.32. The number of aromatic nitrogens is 1. The molecule has 0 amide bonds. The highest BCUT2D eigenvalue weighted by atomic mass is 19.4. The van der Waals surface area contributed by atoms with Crippen molar-refractivity contribution in [2.45, 2.75) is 25.4 Å². The van der Waals surface area contributed by atoms with E-state index in [9.17, 15) is 31.1 Å². The van der Waals surface area contributed by atoms with E-state index in [0.29, 0.717) is 19.1 Å². The van der Waals surface area contributed by atoms with Crippen LogP contribution in [-0.2, 0) is 6.18 Å². The Morgan fingerprint density at radius 3 is 2.20 bits per heavy atom. The first-order valence-electron chi connectivity index (χ1n) is 4.98. The molecule has 0 bridgehead atoms. The van der Waals surface area contributed by atoms with E-state index in [1.165, 1.54) is 0 Å². The lowest BCUT2D eigenvalue weighted by molar-refractivity contribution is -0.190. The van der Waals surface area contributed by atoms with E-state index in [4.69, 9.17) is 5.11 Å². The van der Waals surface area contributed by atoms with Gasteiger partial charge in [0.15, 0.2) is 6.10 Å². The molecular formula is C10H7F6NO3. The summed E-state index contributed by atoms with van der Waals surface area (Å²) in [6, 6.07) is 0.825. The Labute approximate surface area is 108 Å². The molecule has 0 aliphatic rings. The molecular weight excluding hydrogens is 296 g/mol. The molecule has 20 heavy (non-hydrogen) atoms. The Hall–Kier alpha value is -2.00. The van der Waals surface area contributed by atoms with Crippen LogP contribution in [0.3, 0.4) is 0 Å². The van der Waals surface area contributed by atoms with Crippen molar-refractivity contribution in [3.05, 3.63) is 23.4 Å². The summed E-state index contributed by atoms with van der Waals surface area (Å²) < 4.78 is 78.2. The van der Waals surface area contributed by atoms with E-state index in [2.05, 4.69) is 9.72 Å². The summed E-state index contributed by atoms with van der Waals surface area (Å²) in [7, 11) is 0. The van der Waals surface area contributed by atoms with Crippen molar-refractivity contribution in [3.63, 3.8) is 0 Å². The molecule has 1 rings (SSSR count). The van der Waals surface area contributed by atoms with Gasteiger partial charge in [0.2, 0.25) is 5.88 Å². The molecule has 0 aliphatic heterocycles. The van der Waals surface area contributed by atoms with E-state index in [1.54, 1.807) is 0 Å². The van der Waals surface area contributed by atoms with Crippen LogP contribution in [0.5, 0.6) is 5.88 Å². The molecule has 1 atom stereocenters. The first-order chi connectivity index (χ1) is 8.93. The number of pyridine rings is 1. The van der Waals surface area contributed by atoms with Crippen molar-refractivity contribution >= 4 is 5.97 Å². The van der Waals surface area contributed by atoms with Gasteiger partial charge in [0.25, 0.3) is 0 Å². The molecule has 1 N–H and O–H groups in total. The van der Waals surface area contributed by atoms with Crippen LogP contribution in [0.25, 0.3) is 0 Å². The molecule has 4 nitrogen and oxygen atoms in total. The van der Waals surface area contributed by atoms with Gasteiger partial charge in [-0.15, -0.1) is 0 Å². The molecule has 1 aromatic heterocycles. The number of nitrogens with zero attached hydrogens (tertiary/aromatic N) is 1. The van der Waals surface area contributed by atoms with Crippen molar-refractivity contribution in [1.82, 2.24) is 4.98 Å². The monoisotopic (exact) mass is 303 g/mol. The normalized spacial score (nSPS) is 13.9. The molecule has 0 fully saturated rings. The van der Waals surface area contributed by atoms with Crippen LogP contribution in [-0.4, -0.2) is 28.3 Å². The Kier molecular flexibility index (Phi) is 4.15. The molecule has 1 aromatic rings. The fourth-order valence-corrected chi connectivity index (χ4v) is 1.09. The largest absolute Gasteiger partial charge is 0.477 e. The highest BCUT2D eigenvalue weighted by Crippen LogP contribution is 2.32. The molecule has 0 saturated carbocycles. The lowest BCUT2D eigenvalue weighted by Gasteiger charge is -2.18. The summed E-state index contributed by atoms with van der Waals surface area (Å²) in [6.45, 7) is 0.521. The standard InChI is InChI=1S/C10H7F6NO3/c1-4(9(11,12)13)20-7-5(8(18)19)2-3-6(17-7)10(14,15)16/h2-4H,1H3,(H,18,19). The maximum Gasteiger partial charge on any atom is 0.433 e.